The van der Waals surface area contributed by atoms with Crippen LogP contribution in [0.3, 0.4) is 0 Å². The molecule has 1 aliphatic heterocycles. The van der Waals surface area contributed by atoms with Crippen molar-refractivity contribution in [2.45, 2.75) is 32.4 Å². The minimum Gasteiger partial charge on any atom is -0.348 e. The molecule has 0 radical (unpaired) electrons. The molecule has 0 fully saturated rings. The summed E-state index contributed by atoms with van der Waals surface area (Å²) in [5.74, 6) is 0.924. The van der Waals surface area contributed by atoms with Crippen LogP contribution in [0.2, 0.25) is 0 Å². The summed E-state index contributed by atoms with van der Waals surface area (Å²) in [6, 6.07) is 12.6. The van der Waals surface area contributed by atoms with Crippen LogP contribution >= 0.6 is 0 Å². The molecule has 1 N–H and O–H groups in total. The lowest BCUT2D eigenvalue weighted by Gasteiger charge is -2.20. The van der Waals surface area contributed by atoms with Crippen molar-refractivity contribution >= 4 is 22.3 Å². The Morgan fingerprint density at radius 2 is 2.04 bits per heavy atom. The van der Waals surface area contributed by atoms with Gasteiger partial charge >= 0.3 is 0 Å². The zero-order valence-electron chi connectivity index (χ0n) is 13.1. The number of benzene rings is 2. The van der Waals surface area contributed by atoms with E-state index in [0.717, 1.165) is 30.8 Å². The highest BCUT2D eigenvalue weighted by molar-refractivity contribution is 6.18. The second kappa shape index (κ2) is 5.83. The highest BCUT2D eigenvalue weighted by Crippen LogP contribution is 2.35. The van der Waals surface area contributed by atoms with Crippen molar-refractivity contribution in [1.29, 1.82) is 0 Å². The zero-order chi connectivity index (χ0) is 15.6. The van der Waals surface area contributed by atoms with Crippen LogP contribution < -0.4 is 5.32 Å². The van der Waals surface area contributed by atoms with Crippen LogP contribution in [0.25, 0.3) is 10.8 Å². The molecule has 4 rings (SSSR count). The first-order valence-corrected chi connectivity index (χ1v) is 8.10. The maximum absolute atomic E-state index is 4.80. The lowest BCUT2D eigenvalue weighted by atomic mass is 10.0. The van der Waals surface area contributed by atoms with E-state index in [2.05, 4.69) is 59.0 Å². The van der Waals surface area contributed by atoms with E-state index in [9.17, 15) is 0 Å². The minimum absolute atomic E-state index is 0.0702. The van der Waals surface area contributed by atoms with E-state index in [4.69, 9.17) is 4.99 Å². The Balaban J connectivity index is 1.67. The predicted octanol–water partition coefficient (Wildman–Crippen LogP) is 3.80. The van der Waals surface area contributed by atoms with E-state index in [1.165, 1.54) is 16.3 Å². The molecule has 1 unspecified atom stereocenters. The summed E-state index contributed by atoms with van der Waals surface area (Å²) in [4.78, 5) is 4.80. The molecule has 5 nitrogen and oxygen atoms in total. The largest absolute Gasteiger partial charge is 0.348 e. The first-order chi connectivity index (χ1) is 11.4. The number of hydrogen-bond donors (Lipinski definition) is 1. The Bertz CT molecular complexity index is 846. The molecule has 2 aromatic carbocycles. The van der Waals surface area contributed by atoms with Crippen molar-refractivity contribution in [2.24, 2.45) is 4.99 Å². The van der Waals surface area contributed by atoms with Gasteiger partial charge in [-0.3, -0.25) is 0 Å². The molecule has 0 aliphatic carbocycles. The van der Waals surface area contributed by atoms with Crippen LogP contribution in [-0.4, -0.2) is 20.8 Å². The van der Waals surface area contributed by atoms with Gasteiger partial charge in [0, 0.05) is 17.1 Å². The van der Waals surface area contributed by atoms with Crippen molar-refractivity contribution in [3.63, 3.8) is 0 Å². The summed E-state index contributed by atoms with van der Waals surface area (Å²) >= 11 is 0. The lowest BCUT2D eigenvalue weighted by Crippen LogP contribution is -2.32. The van der Waals surface area contributed by atoms with Gasteiger partial charge in [-0.25, -0.2) is 9.67 Å². The minimum atomic E-state index is 0.0702. The summed E-state index contributed by atoms with van der Waals surface area (Å²) in [6.45, 7) is 2.20. The van der Waals surface area contributed by atoms with Gasteiger partial charge in [0.15, 0.2) is 0 Å². The molecule has 0 saturated carbocycles. The fraction of sp³-hybridized carbons (Fsp3) is 0.278. The van der Waals surface area contributed by atoms with Gasteiger partial charge in [0.25, 0.3) is 0 Å². The van der Waals surface area contributed by atoms with Crippen LogP contribution in [0.5, 0.6) is 0 Å². The molecule has 0 spiro atoms. The number of rotatable bonds is 5. The molecule has 0 amide bonds. The van der Waals surface area contributed by atoms with Crippen LogP contribution in [-0.2, 0) is 0 Å². The van der Waals surface area contributed by atoms with Gasteiger partial charge in [-0.15, -0.1) is 5.10 Å². The third-order valence-corrected chi connectivity index (χ3v) is 4.26. The van der Waals surface area contributed by atoms with E-state index in [0.29, 0.717) is 0 Å². The summed E-state index contributed by atoms with van der Waals surface area (Å²) in [5.41, 5.74) is 2.20. The first-order valence-electron chi connectivity index (χ1n) is 8.10. The average Bonchev–Trinajstić information content (AvgIpc) is 3.22. The molecule has 23 heavy (non-hydrogen) atoms. The fourth-order valence-corrected chi connectivity index (χ4v) is 3.11. The Hall–Kier alpha value is -2.69. The molecule has 3 aromatic rings. The van der Waals surface area contributed by atoms with Gasteiger partial charge in [-0.2, -0.15) is 0 Å². The van der Waals surface area contributed by atoms with Gasteiger partial charge in [-0.05, 0) is 24.3 Å². The Kier molecular flexibility index (Phi) is 3.54. The average molecular weight is 305 g/mol. The molecular formula is C18H19N5. The summed E-state index contributed by atoms with van der Waals surface area (Å²) in [7, 11) is 0. The highest BCUT2D eigenvalue weighted by atomic mass is 15.5. The van der Waals surface area contributed by atoms with Gasteiger partial charge in [-0.1, -0.05) is 48.9 Å². The van der Waals surface area contributed by atoms with Crippen LogP contribution in [0, 0.1) is 0 Å². The van der Waals surface area contributed by atoms with Crippen molar-refractivity contribution < 1.29 is 0 Å². The van der Waals surface area contributed by atoms with Crippen LogP contribution in [0.1, 0.15) is 37.9 Å². The third-order valence-electron chi connectivity index (χ3n) is 4.26. The van der Waals surface area contributed by atoms with E-state index >= 15 is 0 Å². The Morgan fingerprint density at radius 3 is 2.83 bits per heavy atom. The fourth-order valence-electron chi connectivity index (χ4n) is 3.11. The number of nitrogens with one attached hydrogen (secondary N) is 1. The highest BCUT2D eigenvalue weighted by Gasteiger charge is 2.21. The molecule has 116 valence electrons. The smallest absolute Gasteiger partial charge is 0.136 e. The van der Waals surface area contributed by atoms with Crippen molar-refractivity contribution in [3.8, 4) is 0 Å². The van der Waals surface area contributed by atoms with Gasteiger partial charge in [0.1, 0.15) is 12.0 Å². The third kappa shape index (κ3) is 2.48. The van der Waals surface area contributed by atoms with Gasteiger partial charge in [0.2, 0.25) is 0 Å². The van der Waals surface area contributed by atoms with E-state index in [-0.39, 0.29) is 6.17 Å². The van der Waals surface area contributed by atoms with E-state index in [1.54, 1.807) is 6.20 Å². The second-order valence-corrected chi connectivity index (χ2v) is 5.83. The summed E-state index contributed by atoms with van der Waals surface area (Å²) in [5, 5.41) is 14.1. The van der Waals surface area contributed by atoms with Gasteiger partial charge < -0.3 is 5.32 Å². The predicted molar refractivity (Wildman–Crippen MR) is 91.9 cm³/mol. The number of aromatic nitrogens is 3. The number of unbranched alkanes of at least 4 members (excludes halogenated alkanes) is 1. The van der Waals surface area contributed by atoms with Crippen molar-refractivity contribution in [1.82, 2.24) is 20.3 Å². The maximum atomic E-state index is 4.80. The lowest BCUT2D eigenvalue weighted by molar-refractivity contribution is 0.379. The first kappa shape index (κ1) is 13.9. The van der Waals surface area contributed by atoms with Crippen LogP contribution in [0.4, 0.5) is 5.69 Å². The normalized spacial score (nSPS) is 14.0. The number of nitrogens with zero attached hydrogens (tertiary/aromatic N) is 4. The van der Waals surface area contributed by atoms with Crippen LogP contribution in [0.15, 0.2) is 53.8 Å². The maximum Gasteiger partial charge on any atom is 0.136 e. The monoisotopic (exact) mass is 305 g/mol. The molecule has 1 atom stereocenters. The topological polar surface area (TPSA) is 55.1 Å². The molecule has 1 aromatic heterocycles. The van der Waals surface area contributed by atoms with Crippen molar-refractivity contribution in [2.75, 3.05) is 0 Å². The summed E-state index contributed by atoms with van der Waals surface area (Å²) < 4.78 is 1.88. The molecule has 1 aliphatic rings. The second-order valence-electron chi connectivity index (χ2n) is 5.83. The number of amidine groups is 1. The number of hydrogen-bond acceptors (Lipinski definition) is 4. The molecule has 0 saturated heterocycles. The Morgan fingerprint density at radius 1 is 1.17 bits per heavy atom. The quantitative estimate of drug-likeness (QED) is 0.780. The molecular weight excluding hydrogens is 286 g/mol. The molecule has 0 bridgehead atoms. The molecule has 2 heterocycles. The SMILES string of the molecule is CCCCC(NC1=Nc2cccc3cccc1c23)n1ccnn1. The van der Waals surface area contributed by atoms with E-state index in [1.807, 2.05) is 10.9 Å². The number of aliphatic imine (C=N–C) groups is 1. The molecule has 5 heteroatoms. The van der Waals surface area contributed by atoms with E-state index < -0.39 is 0 Å². The van der Waals surface area contributed by atoms with Crippen molar-refractivity contribution in [3.05, 3.63) is 54.4 Å². The zero-order valence-corrected chi connectivity index (χ0v) is 13.1. The standard InChI is InChI=1S/C18H19N5/c1-2-3-10-16(23-12-11-19-22-23)21-18-14-8-4-6-13-7-5-9-15(20-18)17(13)14/h4-9,11-12,16H,2-3,10H2,1H3,(H,20,21). The summed E-state index contributed by atoms with van der Waals surface area (Å²) in [6.07, 6.45) is 6.95. The Labute approximate surface area is 135 Å². The van der Waals surface area contributed by atoms with Gasteiger partial charge in [0.05, 0.1) is 11.9 Å².